The molecule has 1 aromatic rings. The molecule has 0 fully saturated rings. The Morgan fingerprint density at radius 1 is 1.56 bits per heavy atom. The molecule has 1 atom stereocenters. The number of hydrogen-bond donors (Lipinski definition) is 1. The van der Waals surface area contributed by atoms with E-state index < -0.39 is 0 Å². The van der Waals surface area contributed by atoms with Crippen LogP contribution >= 0.6 is 0 Å². The normalized spacial score (nSPS) is 12.7. The van der Waals surface area contributed by atoms with E-state index in [0.29, 0.717) is 13.2 Å². The molecule has 1 heterocycles. The smallest absolute Gasteiger partial charge is 0.203 e. The maximum atomic E-state index is 5.31. The molecular weight excluding hydrogens is 206 g/mol. The van der Waals surface area contributed by atoms with Crippen molar-refractivity contribution in [3.63, 3.8) is 0 Å². The number of nitrogens with one attached hydrogen (secondary N) is 1. The van der Waals surface area contributed by atoms with Crippen molar-refractivity contribution in [3.8, 4) is 0 Å². The Hall–Kier alpha value is -1.07. The fraction of sp³-hybridized carbons (Fsp3) is 0.727. The van der Waals surface area contributed by atoms with E-state index in [1.54, 1.807) is 13.3 Å². The zero-order valence-corrected chi connectivity index (χ0v) is 10.3. The first-order valence-corrected chi connectivity index (χ1v) is 5.62. The van der Waals surface area contributed by atoms with Crippen molar-refractivity contribution in [2.75, 3.05) is 32.2 Å². The predicted molar refractivity (Wildman–Crippen MR) is 63.7 cm³/mol. The third-order valence-electron chi connectivity index (χ3n) is 2.19. The molecule has 1 N–H and O–H groups in total. The van der Waals surface area contributed by atoms with Gasteiger partial charge in [-0.3, -0.25) is 0 Å². The third kappa shape index (κ3) is 4.20. The van der Waals surface area contributed by atoms with Gasteiger partial charge in [0.25, 0.3) is 0 Å². The molecule has 0 bridgehead atoms. The minimum Gasteiger partial charge on any atom is -0.383 e. The fourth-order valence-corrected chi connectivity index (χ4v) is 1.45. The summed E-state index contributed by atoms with van der Waals surface area (Å²) in [7, 11) is 1.69. The second-order valence-electron chi connectivity index (χ2n) is 3.64. The number of anilines is 1. The lowest BCUT2D eigenvalue weighted by Gasteiger charge is -2.15. The summed E-state index contributed by atoms with van der Waals surface area (Å²) < 4.78 is 12.4. The van der Waals surface area contributed by atoms with Crippen molar-refractivity contribution in [3.05, 3.63) is 12.4 Å². The van der Waals surface area contributed by atoms with Gasteiger partial charge in [0, 0.05) is 38.7 Å². The zero-order valence-electron chi connectivity index (χ0n) is 10.3. The van der Waals surface area contributed by atoms with E-state index in [-0.39, 0.29) is 6.04 Å². The van der Waals surface area contributed by atoms with Gasteiger partial charge in [0.1, 0.15) is 0 Å². The second-order valence-corrected chi connectivity index (χ2v) is 3.64. The molecule has 0 radical (unpaired) electrons. The average molecular weight is 227 g/mol. The largest absolute Gasteiger partial charge is 0.383 e. The summed E-state index contributed by atoms with van der Waals surface area (Å²) in [6.07, 6.45) is 3.73. The minimum atomic E-state index is 0.248. The topological polar surface area (TPSA) is 48.3 Å². The standard InChI is InChI=1S/C11H21N3O2/c1-4-16-8-7-14-6-5-12-11(14)13-10(2)9-15-3/h5-6,10H,4,7-9H2,1-3H3,(H,12,13). The van der Waals surface area contributed by atoms with Gasteiger partial charge in [0.05, 0.1) is 13.2 Å². The van der Waals surface area contributed by atoms with Gasteiger partial charge in [0.15, 0.2) is 0 Å². The van der Waals surface area contributed by atoms with Crippen molar-refractivity contribution in [1.82, 2.24) is 9.55 Å². The van der Waals surface area contributed by atoms with Gasteiger partial charge >= 0.3 is 0 Å². The summed E-state index contributed by atoms with van der Waals surface area (Å²) >= 11 is 0. The van der Waals surface area contributed by atoms with Crippen LogP contribution in [-0.2, 0) is 16.0 Å². The van der Waals surface area contributed by atoms with Crippen LogP contribution in [0.1, 0.15) is 13.8 Å². The lowest BCUT2D eigenvalue weighted by Crippen LogP contribution is -2.23. The Bertz CT molecular complexity index is 289. The highest BCUT2D eigenvalue weighted by atomic mass is 16.5. The first-order valence-electron chi connectivity index (χ1n) is 5.62. The Kier molecular flexibility index (Phi) is 5.88. The zero-order chi connectivity index (χ0) is 11.8. The number of methoxy groups -OCH3 is 1. The van der Waals surface area contributed by atoms with E-state index in [2.05, 4.69) is 17.2 Å². The lowest BCUT2D eigenvalue weighted by molar-refractivity contribution is 0.139. The predicted octanol–water partition coefficient (Wildman–Crippen LogP) is 1.37. The summed E-state index contributed by atoms with van der Waals surface area (Å²) in [5, 5.41) is 3.29. The summed E-state index contributed by atoms with van der Waals surface area (Å²) in [5.74, 6) is 0.865. The van der Waals surface area contributed by atoms with Crippen LogP contribution in [-0.4, -0.2) is 42.5 Å². The number of rotatable bonds is 8. The Balaban J connectivity index is 2.43. The monoisotopic (exact) mass is 227 g/mol. The summed E-state index contributed by atoms with van der Waals surface area (Å²) in [6.45, 7) is 6.99. The van der Waals surface area contributed by atoms with Crippen LogP contribution in [0.5, 0.6) is 0 Å². The van der Waals surface area contributed by atoms with E-state index in [9.17, 15) is 0 Å². The maximum absolute atomic E-state index is 5.31. The van der Waals surface area contributed by atoms with Crippen molar-refractivity contribution in [2.24, 2.45) is 0 Å². The molecule has 16 heavy (non-hydrogen) atoms. The fourth-order valence-electron chi connectivity index (χ4n) is 1.45. The molecule has 0 aliphatic carbocycles. The molecule has 0 saturated heterocycles. The van der Waals surface area contributed by atoms with Crippen LogP contribution in [0, 0.1) is 0 Å². The average Bonchev–Trinajstić information content (AvgIpc) is 2.66. The highest BCUT2D eigenvalue weighted by molar-refractivity contribution is 5.27. The molecule has 5 nitrogen and oxygen atoms in total. The van der Waals surface area contributed by atoms with Crippen LogP contribution in [0.15, 0.2) is 12.4 Å². The number of hydrogen-bond acceptors (Lipinski definition) is 4. The number of ether oxygens (including phenoxy) is 2. The van der Waals surface area contributed by atoms with Gasteiger partial charge in [-0.2, -0.15) is 0 Å². The highest BCUT2D eigenvalue weighted by Crippen LogP contribution is 2.06. The van der Waals surface area contributed by atoms with Crippen LogP contribution in [0.3, 0.4) is 0 Å². The van der Waals surface area contributed by atoms with Crippen molar-refractivity contribution >= 4 is 5.95 Å². The van der Waals surface area contributed by atoms with Crippen molar-refractivity contribution < 1.29 is 9.47 Å². The molecule has 0 aliphatic rings. The van der Waals surface area contributed by atoms with Crippen LogP contribution in [0.4, 0.5) is 5.95 Å². The van der Waals surface area contributed by atoms with Crippen molar-refractivity contribution in [1.29, 1.82) is 0 Å². The number of aromatic nitrogens is 2. The first kappa shape index (κ1) is 13.0. The molecule has 0 aliphatic heterocycles. The summed E-state index contributed by atoms with van der Waals surface area (Å²) in [4.78, 5) is 4.26. The highest BCUT2D eigenvalue weighted by Gasteiger charge is 2.06. The maximum Gasteiger partial charge on any atom is 0.203 e. The molecule has 0 spiro atoms. The van der Waals surface area contributed by atoms with Gasteiger partial charge in [-0.1, -0.05) is 0 Å². The molecule has 92 valence electrons. The van der Waals surface area contributed by atoms with Gasteiger partial charge in [-0.05, 0) is 13.8 Å². The third-order valence-corrected chi connectivity index (χ3v) is 2.19. The molecule has 1 unspecified atom stereocenters. The van der Waals surface area contributed by atoms with Crippen LogP contribution in [0.25, 0.3) is 0 Å². The lowest BCUT2D eigenvalue weighted by atomic mass is 10.4. The molecule has 1 aromatic heterocycles. The van der Waals surface area contributed by atoms with E-state index in [0.717, 1.165) is 19.1 Å². The van der Waals surface area contributed by atoms with Crippen LogP contribution in [0.2, 0.25) is 0 Å². The summed E-state index contributed by atoms with van der Waals surface area (Å²) in [6, 6.07) is 0.248. The Morgan fingerprint density at radius 3 is 3.06 bits per heavy atom. The van der Waals surface area contributed by atoms with Gasteiger partial charge in [0.2, 0.25) is 5.95 Å². The van der Waals surface area contributed by atoms with Gasteiger partial charge in [-0.15, -0.1) is 0 Å². The molecule has 0 amide bonds. The second kappa shape index (κ2) is 7.24. The van der Waals surface area contributed by atoms with Crippen molar-refractivity contribution in [2.45, 2.75) is 26.4 Å². The van der Waals surface area contributed by atoms with E-state index >= 15 is 0 Å². The quantitative estimate of drug-likeness (QED) is 0.681. The SMILES string of the molecule is CCOCCn1ccnc1NC(C)COC. The number of imidazole rings is 1. The van der Waals surface area contributed by atoms with E-state index in [1.807, 2.05) is 17.7 Å². The van der Waals surface area contributed by atoms with Crippen LogP contribution < -0.4 is 5.32 Å². The van der Waals surface area contributed by atoms with E-state index in [1.165, 1.54) is 0 Å². The number of nitrogens with zero attached hydrogens (tertiary/aromatic N) is 2. The Labute approximate surface area is 96.8 Å². The van der Waals surface area contributed by atoms with Gasteiger partial charge in [-0.25, -0.2) is 4.98 Å². The summed E-state index contributed by atoms with van der Waals surface area (Å²) in [5.41, 5.74) is 0. The first-order chi connectivity index (χ1) is 7.77. The Morgan fingerprint density at radius 2 is 2.38 bits per heavy atom. The molecule has 0 aromatic carbocycles. The molecule has 1 rings (SSSR count). The molecular formula is C11H21N3O2. The van der Waals surface area contributed by atoms with E-state index in [4.69, 9.17) is 9.47 Å². The molecule has 0 saturated carbocycles. The van der Waals surface area contributed by atoms with Gasteiger partial charge < -0.3 is 19.4 Å². The molecule has 5 heteroatoms. The minimum absolute atomic E-state index is 0.248.